The number of carbonyl (C=O) groups excluding carboxylic acids is 1. The highest BCUT2D eigenvalue weighted by Crippen LogP contribution is 2.26. The van der Waals surface area contributed by atoms with Crippen LogP contribution in [0, 0.1) is 0 Å². The number of piperidine rings is 1. The Morgan fingerprint density at radius 3 is 2.56 bits per heavy atom. The van der Waals surface area contributed by atoms with E-state index >= 15 is 0 Å². The largest absolute Gasteiger partial charge is 0.343 e. The number of likely N-dealkylation sites (tertiary alicyclic amines) is 1. The summed E-state index contributed by atoms with van der Waals surface area (Å²) in [4.78, 5) is 38.0. The molecule has 25 heavy (non-hydrogen) atoms. The number of nitrogens with one attached hydrogen (secondary N) is 1. The summed E-state index contributed by atoms with van der Waals surface area (Å²) >= 11 is 0. The molecule has 0 spiro atoms. The predicted molar refractivity (Wildman–Crippen MR) is 92.8 cm³/mol. The number of hydrogen-bond donors (Lipinski definition) is 1. The van der Waals surface area contributed by atoms with Gasteiger partial charge < -0.3 is 9.47 Å². The van der Waals surface area contributed by atoms with Crippen molar-refractivity contribution < 1.29 is 4.79 Å². The van der Waals surface area contributed by atoms with Crippen LogP contribution in [-0.4, -0.2) is 43.2 Å². The van der Waals surface area contributed by atoms with Crippen molar-refractivity contribution in [3.8, 4) is 0 Å². The topological polar surface area (TPSA) is 93.0 Å². The predicted octanol–water partition coefficient (Wildman–Crippen LogP) is 0.793. The molecule has 3 rings (SSSR count). The number of hydrogen-bond acceptors (Lipinski definition) is 4. The summed E-state index contributed by atoms with van der Waals surface area (Å²) in [6.07, 6.45) is 3.16. The van der Waals surface area contributed by atoms with E-state index in [1.807, 2.05) is 13.8 Å². The zero-order valence-electron chi connectivity index (χ0n) is 14.6. The van der Waals surface area contributed by atoms with E-state index in [-0.39, 0.29) is 23.1 Å². The maximum Gasteiger partial charge on any atom is 0.343 e. The fraction of sp³-hybridized carbons (Fsp3) is 0.529. The van der Waals surface area contributed by atoms with Crippen molar-refractivity contribution in [2.24, 2.45) is 0 Å². The van der Waals surface area contributed by atoms with Gasteiger partial charge in [-0.2, -0.15) is 5.10 Å². The van der Waals surface area contributed by atoms with Crippen LogP contribution in [0.1, 0.15) is 48.8 Å². The monoisotopic (exact) mass is 345 g/mol. The molecule has 1 aliphatic heterocycles. The van der Waals surface area contributed by atoms with E-state index in [1.165, 1.54) is 6.07 Å². The van der Waals surface area contributed by atoms with Crippen LogP contribution in [0.15, 0.2) is 27.9 Å². The fourth-order valence-electron chi connectivity index (χ4n) is 3.37. The summed E-state index contributed by atoms with van der Waals surface area (Å²) in [5.41, 5.74) is 0.0811. The number of aryl methyl sites for hydroxylation is 1. The van der Waals surface area contributed by atoms with Crippen LogP contribution >= 0.6 is 0 Å². The number of nitrogens with zero attached hydrogens (tertiary/aromatic N) is 4. The first kappa shape index (κ1) is 17.2. The molecule has 0 radical (unpaired) electrons. The van der Waals surface area contributed by atoms with Crippen molar-refractivity contribution in [2.45, 2.75) is 45.7 Å². The minimum Gasteiger partial charge on any atom is -0.339 e. The van der Waals surface area contributed by atoms with Gasteiger partial charge in [0.15, 0.2) is 0 Å². The minimum absolute atomic E-state index is 0.117. The highest BCUT2D eigenvalue weighted by atomic mass is 16.2. The molecule has 0 saturated carbocycles. The van der Waals surface area contributed by atoms with Gasteiger partial charge in [-0.3, -0.25) is 14.2 Å². The molecule has 134 valence electrons. The Bertz CT molecular complexity index is 871. The highest BCUT2D eigenvalue weighted by Gasteiger charge is 2.28. The summed E-state index contributed by atoms with van der Waals surface area (Å²) in [7, 11) is 0. The van der Waals surface area contributed by atoms with Crippen LogP contribution in [0.4, 0.5) is 0 Å². The first-order valence-electron chi connectivity index (χ1n) is 8.70. The summed E-state index contributed by atoms with van der Waals surface area (Å²) < 4.78 is 3.21. The lowest BCUT2D eigenvalue weighted by Gasteiger charge is -2.31. The number of amides is 1. The van der Waals surface area contributed by atoms with E-state index in [9.17, 15) is 14.4 Å². The molecule has 2 aromatic heterocycles. The third kappa shape index (κ3) is 3.29. The maximum atomic E-state index is 12.6. The van der Waals surface area contributed by atoms with E-state index in [2.05, 4.69) is 10.2 Å². The maximum absolute atomic E-state index is 12.6. The molecule has 8 nitrogen and oxygen atoms in total. The summed E-state index contributed by atoms with van der Waals surface area (Å²) in [5, 5.41) is 6.65. The zero-order chi connectivity index (χ0) is 18.0. The van der Waals surface area contributed by atoms with Gasteiger partial charge in [0.25, 0.3) is 11.5 Å². The van der Waals surface area contributed by atoms with E-state index < -0.39 is 0 Å². The molecule has 8 heteroatoms. The molecule has 2 aromatic rings. The smallest absolute Gasteiger partial charge is 0.339 e. The van der Waals surface area contributed by atoms with Crippen molar-refractivity contribution in [1.82, 2.24) is 24.2 Å². The van der Waals surface area contributed by atoms with Gasteiger partial charge in [0.2, 0.25) is 0 Å². The lowest BCUT2D eigenvalue weighted by molar-refractivity contribution is 0.0710. The Hall–Kier alpha value is -2.64. The van der Waals surface area contributed by atoms with Crippen LogP contribution in [0.5, 0.6) is 0 Å². The summed E-state index contributed by atoms with van der Waals surface area (Å²) in [6, 6.07) is 3.10. The number of aromatic nitrogens is 4. The molecule has 0 unspecified atom stereocenters. The molecule has 1 aliphatic rings. The van der Waals surface area contributed by atoms with Crippen LogP contribution < -0.4 is 11.2 Å². The molecule has 1 saturated heterocycles. The van der Waals surface area contributed by atoms with Crippen molar-refractivity contribution in [3.05, 3.63) is 50.6 Å². The van der Waals surface area contributed by atoms with Crippen LogP contribution in [-0.2, 0) is 13.1 Å². The lowest BCUT2D eigenvalue weighted by Crippen LogP contribution is -2.39. The van der Waals surface area contributed by atoms with Gasteiger partial charge in [-0.1, -0.05) is 0 Å². The minimum atomic E-state index is -0.188. The molecular weight excluding hydrogens is 322 g/mol. The Labute approximate surface area is 145 Å². The van der Waals surface area contributed by atoms with Crippen LogP contribution in [0.2, 0.25) is 0 Å². The summed E-state index contributed by atoms with van der Waals surface area (Å²) in [6.45, 7) is 6.14. The second-order valence-corrected chi connectivity index (χ2v) is 6.24. The Balaban J connectivity index is 1.69. The van der Waals surface area contributed by atoms with E-state index in [4.69, 9.17) is 0 Å². The number of H-pyrrole nitrogens is 1. The molecule has 0 aromatic carbocycles. The lowest BCUT2D eigenvalue weighted by atomic mass is 9.95. The fourth-order valence-corrected chi connectivity index (χ4v) is 3.37. The molecule has 0 bridgehead atoms. The van der Waals surface area contributed by atoms with E-state index in [0.29, 0.717) is 31.7 Å². The second-order valence-electron chi connectivity index (χ2n) is 6.24. The average molecular weight is 345 g/mol. The van der Waals surface area contributed by atoms with E-state index in [0.717, 1.165) is 18.7 Å². The molecule has 0 atom stereocenters. The van der Waals surface area contributed by atoms with Gasteiger partial charge in [-0.25, -0.2) is 9.89 Å². The zero-order valence-corrected chi connectivity index (χ0v) is 14.6. The van der Waals surface area contributed by atoms with Crippen molar-refractivity contribution >= 4 is 5.91 Å². The second kappa shape index (κ2) is 7.08. The number of aromatic amines is 1. The van der Waals surface area contributed by atoms with Gasteiger partial charge in [-0.15, -0.1) is 0 Å². The Morgan fingerprint density at radius 2 is 1.96 bits per heavy atom. The number of rotatable bonds is 4. The molecule has 1 fully saturated rings. The third-order valence-electron chi connectivity index (χ3n) is 4.84. The first-order valence-corrected chi connectivity index (χ1v) is 8.70. The Morgan fingerprint density at radius 1 is 1.24 bits per heavy atom. The molecule has 1 amide bonds. The summed E-state index contributed by atoms with van der Waals surface area (Å²) in [5.74, 6) is 0.815. The quantitative estimate of drug-likeness (QED) is 0.887. The van der Waals surface area contributed by atoms with E-state index in [1.54, 1.807) is 26.3 Å². The standard InChI is InChI=1S/C17H23N5O3/c1-3-20-8-7-13(11-14(20)23)16(24)21-9-5-12(6-10-21)15-18-19-17(25)22(15)4-2/h7-8,11-12H,3-6,9-10H2,1-2H3,(H,19,25). The first-order chi connectivity index (χ1) is 12.0. The van der Waals surface area contributed by atoms with Crippen molar-refractivity contribution in [3.63, 3.8) is 0 Å². The van der Waals surface area contributed by atoms with Gasteiger partial charge in [0.1, 0.15) is 5.82 Å². The van der Waals surface area contributed by atoms with Crippen molar-refractivity contribution in [1.29, 1.82) is 0 Å². The van der Waals surface area contributed by atoms with Gasteiger partial charge >= 0.3 is 5.69 Å². The van der Waals surface area contributed by atoms with Crippen molar-refractivity contribution in [2.75, 3.05) is 13.1 Å². The molecular formula is C17H23N5O3. The normalized spacial score (nSPS) is 15.5. The SMILES string of the molecule is CCn1ccc(C(=O)N2CCC(c3n[nH]c(=O)n3CC)CC2)cc1=O. The van der Waals surface area contributed by atoms with Gasteiger partial charge in [0.05, 0.1) is 0 Å². The van der Waals surface area contributed by atoms with Gasteiger partial charge in [-0.05, 0) is 32.8 Å². The van der Waals surface area contributed by atoms with Gasteiger partial charge in [0, 0.05) is 49.9 Å². The third-order valence-corrected chi connectivity index (χ3v) is 4.84. The number of carbonyl (C=O) groups is 1. The molecule has 0 aliphatic carbocycles. The molecule has 1 N–H and O–H groups in total. The highest BCUT2D eigenvalue weighted by molar-refractivity contribution is 5.94. The Kier molecular flexibility index (Phi) is 4.87. The van der Waals surface area contributed by atoms with Crippen LogP contribution in [0.25, 0.3) is 0 Å². The van der Waals surface area contributed by atoms with Crippen LogP contribution in [0.3, 0.4) is 0 Å². The molecule has 3 heterocycles. The number of pyridine rings is 1. The average Bonchev–Trinajstić information content (AvgIpc) is 3.01.